The maximum absolute atomic E-state index is 13.2. The van der Waals surface area contributed by atoms with Crippen molar-refractivity contribution in [1.29, 1.82) is 0 Å². The van der Waals surface area contributed by atoms with Crippen molar-refractivity contribution in [1.82, 2.24) is 4.90 Å². The number of primary amides is 1. The Labute approximate surface area is 138 Å². The third-order valence-electron chi connectivity index (χ3n) is 4.09. The fourth-order valence-electron chi connectivity index (χ4n) is 2.65. The highest BCUT2D eigenvalue weighted by atomic mass is 19.1. The number of benzene rings is 2. The van der Waals surface area contributed by atoms with Crippen LogP contribution in [0.3, 0.4) is 0 Å². The number of hydrogen-bond acceptors (Lipinski definition) is 3. The largest absolute Gasteiger partial charge is 0.489 e. The van der Waals surface area contributed by atoms with Gasteiger partial charge in [0, 0.05) is 12.1 Å². The maximum atomic E-state index is 13.2. The second-order valence-corrected chi connectivity index (χ2v) is 5.75. The van der Waals surface area contributed by atoms with Crippen LogP contribution in [0, 0.1) is 5.82 Å². The zero-order chi connectivity index (χ0) is 17.3. The highest BCUT2D eigenvalue weighted by Gasteiger charge is 2.33. The average molecular weight is 328 g/mol. The second kappa shape index (κ2) is 6.31. The molecule has 0 radical (unpaired) electrons. The summed E-state index contributed by atoms with van der Waals surface area (Å²) < 4.78 is 18.8. The molecule has 3 rings (SSSR count). The lowest BCUT2D eigenvalue weighted by molar-refractivity contribution is -0.122. The van der Waals surface area contributed by atoms with Crippen LogP contribution in [0.1, 0.15) is 28.4 Å². The van der Waals surface area contributed by atoms with E-state index < -0.39 is 11.9 Å². The van der Waals surface area contributed by atoms with Gasteiger partial charge in [-0.15, -0.1) is 0 Å². The van der Waals surface area contributed by atoms with Crippen LogP contribution in [0.15, 0.2) is 42.5 Å². The van der Waals surface area contributed by atoms with Crippen LogP contribution in [-0.2, 0) is 17.9 Å². The van der Waals surface area contributed by atoms with Crippen LogP contribution in [0.4, 0.5) is 4.39 Å². The fraction of sp³-hybridized carbons (Fsp3) is 0.222. The summed E-state index contributed by atoms with van der Waals surface area (Å²) in [6, 6.07) is 10.7. The Morgan fingerprint density at radius 2 is 2.12 bits per heavy atom. The molecule has 0 aromatic heterocycles. The lowest BCUT2D eigenvalue weighted by Crippen LogP contribution is -2.42. The van der Waals surface area contributed by atoms with Crippen LogP contribution in [0.2, 0.25) is 0 Å². The number of rotatable bonds is 5. The summed E-state index contributed by atoms with van der Waals surface area (Å²) in [6.07, 6.45) is 0. The van der Waals surface area contributed by atoms with Gasteiger partial charge in [0.1, 0.15) is 24.2 Å². The Kier molecular flexibility index (Phi) is 4.20. The number of nitrogens with zero attached hydrogens (tertiary/aromatic N) is 1. The zero-order valence-corrected chi connectivity index (χ0v) is 13.2. The molecule has 1 aliphatic rings. The first-order valence-electron chi connectivity index (χ1n) is 7.56. The lowest BCUT2D eigenvalue weighted by atomic mass is 10.1. The average Bonchev–Trinajstić information content (AvgIpc) is 2.89. The van der Waals surface area contributed by atoms with E-state index in [-0.39, 0.29) is 18.3 Å². The van der Waals surface area contributed by atoms with Crippen molar-refractivity contribution >= 4 is 11.8 Å². The van der Waals surface area contributed by atoms with E-state index >= 15 is 0 Å². The van der Waals surface area contributed by atoms with E-state index in [1.807, 2.05) is 0 Å². The van der Waals surface area contributed by atoms with E-state index in [1.54, 1.807) is 37.3 Å². The van der Waals surface area contributed by atoms with Gasteiger partial charge in [0.2, 0.25) is 5.91 Å². The van der Waals surface area contributed by atoms with Crippen molar-refractivity contribution < 1.29 is 18.7 Å². The van der Waals surface area contributed by atoms with Crippen molar-refractivity contribution in [2.24, 2.45) is 5.73 Å². The number of nitrogens with two attached hydrogens (primary N) is 1. The van der Waals surface area contributed by atoms with Crippen LogP contribution in [0.25, 0.3) is 0 Å². The monoisotopic (exact) mass is 328 g/mol. The molecule has 0 bridgehead atoms. The SMILES string of the molecule is C[C@@H](C(N)=O)N1Cc2ccc(OCc3cccc(F)c3)cc2C1=O. The number of carbonyl (C=O) groups excluding carboxylic acids is 2. The number of hydrogen-bond donors (Lipinski definition) is 1. The summed E-state index contributed by atoms with van der Waals surface area (Å²) in [6.45, 7) is 2.15. The third-order valence-corrected chi connectivity index (χ3v) is 4.09. The molecule has 6 heteroatoms. The van der Waals surface area contributed by atoms with E-state index in [0.29, 0.717) is 23.4 Å². The van der Waals surface area contributed by atoms with Crippen LogP contribution in [0.5, 0.6) is 5.75 Å². The molecule has 2 aromatic carbocycles. The highest BCUT2D eigenvalue weighted by molar-refractivity contribution is 6.01. The van der Waals surface area contributed by atoms with Gasteiger partial charge < -0.3 is 15.4 Å². The molecule has 2 amide bonds. The molecule has 0 spiro atoms. The standard InChI is InChI=1S/C18H17FN2O3/c1-11(17(20)22)21-9-13-5-6-15(8-16(13)18(21)23)24-10-12-3-2-4-14(19)7-12/h2-8,11H,9-10H2,1H3,(H2,20,22)/t11-/m0/s1. The fourth-order valence-corrected chi connectivity index (χ4v) is 2.65. The molecule has 1 atom stereocenters. The van der Waals surface area contributed by atoms with E-state index in [1.165, 1.54) is 17.0 Å². The Hall–Kier alpha value is -2.89. The Balaban J connectivity index is 1.74. The molecule has 0 saturated heterocycles. The molecule has 0 saturated carbocycles. The van der Waals surface area contributed by atoms with Crippen molar-refractivity contribution in [2.45, 2.75) is 26.1 Å². The molecule has 5 nitrogen and oxygen atoms in total. The van der Waals surface area contributed by atoms with Gasteiger partial charge in [0.15, 0.2) is 0 Å². The van der Waals surface area contributed by atoms with Crippen molar-refractivity contribution in [2.75, 3.05) is 0 Å². The van der Waals surface area contributed by atoms with Gasteiger partial charge in [-0.3, -0.25) is 9.59 Å². The maximum Gasteiger partial charge on any atom is 0.255 e. The molecular formula is C18H17FN2O3. The molecular weight excluding hydrogens is 311 g/mol. The highest BCUT2D eigenvalue weighted by Crippen LogP contribution is 2.28. The molecule has 124 valence electrons. The summed E-state index contributed by atoms with van der Waals surface area (Å²) in [7, 11) is 0. The van der Waals surface area contributed by atoms with Crippen molar-refractivity contribution in [3.63, 3.8) is 0 Å². The number of halogens is 1. The first-order valence-corrected chi connectivity index (χ1v) is 7.56. The molecule has 1 heterocycles. The molecule has 0 aliphatic carbocycles. The molecule has 1 aliphatic heterocycles. The molecule has 0 unspecified atom stereocenters. The van der Waals surface area contributed by atoms with Crippen molar-refractivity contribution in [3.05, 3.63) is 65.0 Å². The quantitative estimate of drug-likeness (QED) is 0.915. The summed E-state index contributed by atoms with van der Waals surface area (Å²) in [4.78, 5) is 25.2. The van der Waals surface area contributed by atoms with E-state index in [2.05, 4.69) is 0 Å². The minimum atomic E-state index is -0.665. The minimum absolute atomic E-state index is 0.201. The molecule has 24 heavy (non-hydrogen) atoms. The summed E-state index contributed by atoms with van der Waals surface area (Å²) >= 11 is 0. The Morgan fingerprint density at radius 1 is 1.33 bits per heavy atom. The van der Waals surface area contributed by atoms with Gasteiger partial charge >= 0.3 is 0 Å². The minimum Gasteiger partial charge on any atom is -0.489 e. The third kappa shape index (κ3) is 3.08. The molecule has 0 fully saturated rings. The summed E-state index contributed by atoms with van der Waals surface area (Å²) in [5.41, 5.74) is 7.30. The zero-order valence-electron chi connectivity index (χ0n) is 13.2. The molecule has 2 N–H and O–H groups in total. The Bertz CT molecular complexity index is 807. The van der Waals surface area contributed by atoms with Crippen LogP contribution >= 0.6 is 0 Å². The van der Waals surface area contributed by atoms with E-state index in [9.17, 15) is 14.0 Å². The Morgan fingerprint density at radius 3 is 2.83 bits per heavy atom. The van der Waals surface area contributed by atoms with E-state index in [4.69, 9.17) is 10.5 Å². The lowest BCUT2D eigenvalue weighted by Gasteiger charge is -2.20. The van der Waals surface area contributed by atoms with Gasteiger partial charge in [0.05, 0.1) is 0 Å². The van der Waals surface area contributed by atoms with Crippen molar-refractivity contribution in [3.8, 4) is 5.75 Å². The second-order valence-electron chi connectivity index (χ2n) is 5.75. The van der Waals surface area contributed by atoms with Crippen LogP contribution in [-0.4, -0.2) is 22.8 Å². The first kappa shape index (κ1) is 16.0. The predicted octanol–water partition coefficient (Wildman–Crippen LogP) is 2.23. The summed E-state index contributed by atoms with van der Waals surface area (Å²) in [5.74, 6) is -0.595. The van der Waals surface area contributed by atoms with Gasteiger partial charge in [-0.2, -0.15) is 0 Å². The summed E-state index contributed by atoms with van der Waals surface area (Å²) in [5, 5.41) is 0. The predicted molar refractivity (Wildman–Crippen MR) is 85.7 cm³/mol. The normalized spacial score (nSPS) is 14.4. The smallest absolute Gasteiger partial charge is 0.255 e. The number of fused-ring (bicyclic) bond motifs is 1. The topological polar surface area (TPSA) is 72.6 Å². The number of ether oxygens (including phenoxy) is 1. The molecule has 2 aromatic rings. The van der Waals surface area contributed by atoms with Gasteiger partial charge in [-0.25, -0.2) is 4.39 Å². The van der Waals surface area contributed by atoms with Crippen LogP contribution < -0.4 is 10.5 Å². The number of amides is 2. The number of carbonyl (C=O) groups is 2. The van der Waals surface area contributed by atoms with E-state index in [0.717, 1.165) is 5.56 Å². The van der Waals surface area contributed by atoms with Gasteiger partial charge in [0.25, 0.3) is 5.91 Å². The van der Waals surface area contributed by atoms with Gasteiger partial charge in [-0.05, 0) is 42.3 Å². The van der Waals surface area contributed by atoms with Gasteiger partial charge in [-0.1, -0.05) is 18.2 Å². The first-order chi connectivity index (χ1) is 11.5.